The second kappa shape index (κ2) is 5.17. The Balaban J connectivity index is 1.41. The van der Waals surface area contributed by atoms with E-state index in [0.717, 1.165) is 38.8 Å². The highest BCUT2D eigenvalue weighted by molar-refractivity contribution is 5.81. The van der Waals surface area contributed by atoms with Gasteiger partial charge in [0.25, 0.3) is 0 Å². The van der Waals surface area contributed by atoms with Crippen molar-refractivity contribution in [2.45, 2.75) is 44.2 Å². The minimum absolute atomic E-state index is 0.387. The van der Waals surface area contributed by atoms with Crippen molar-refractivity contribution in [3.8, 4) is 0 Å². The van der Waals surface area contributed by atoms with Crippen molar-refractivity contribution in [2.24, 2.45) is 5.92 Å². The van der Waals surface area contributed by atoms with Gasteiger partial charge in [-0.3, -0.25) is 4.79 Å². The topological polar surface area (TPSA) is 35.6 Å². The average Bonchev–Trinajstić information content (AvgIpc) is 3.14. The molecule has 1 N–H and O–H groups in total. The number of rotatable bonds is 3. The van der Waals surface area contributed by atoms with E-state index in [1.54, 1.807) is 0 Å². The van der Waals surface area contributed by atoms with Crippen molar-refractivity contribution in [3.05, 3.63) is 0 Å². The van der Waals surface area contributed by atoms with Gasteiger partial charge in [0.2, 0.25) is 5.91 Å². The second-order valence-electron chi connectivity index (χ2n) is 6.29. The Bertz CT molecular complexity index is 308. The van der Waals surface area contributed by atoms with Crippen LogP contribution in [0.25, 0.3) is 0 Å². The Morgan fingerprint density at radius 2 is 1.67 bits per heavy atom. The SMILES string of the molecule is CN1CCC(NC2CCN(C(=O)C3CC3)CC2)C1. The largest absolute Gasteiger partial charge is 0.342 e. The number of likely N-dealkylation sites (tertiary alicyclic amines) is 2. The summed E-state index contributed by atoms with van der Waals surface area (Å²) in [5.41, 5.74) is 0. The third-order valence-corrected chi connectivity index (χ3v) is 4.60. The minimum Gasteiger partial charge on any atom is -0.342 e. The van der Waals surface area contributed by atoms with E-state index < -0.39 is 0 Å². The Kier molecular flexibility index (Phi) is 3.57. The zero-order valence-electron chi connectivity index (χ0n) is 11.4. The molecular weight excluding hydrogens is 226 g/mol. The molecule has 102 valence electrons. The molecule has 4 heteroatoms. The summed E-state index contributed by atoms with van der Waals surface area (Å²) in [6.07, 6.45) is 5.81. The number of hydrogen-bond donors (Lipinski definition) is 1. The number of carbonyl (C=O) groups is 1. The first-order valence-electron chi connectivity index (χ1n) is 7.46. The average molecular weight is 251 g/mol. The lowest BCUT2D eigenvalue weighted by Crippen LogP contribution is -2.48. The lowest BCUT2D eigenvalue weighted by molar-refractivity contribution is -0.133. The highest BCUT2D eigenvalue weighted by Gasteiger charge is 2.35. The van der Waals surface area contributed by atoms with Gasteiger partial charge in [-0.1, -0.05) is 0 Å². The molecule has 2 saturated heterocycles. The Morgan fingerprint density at radius 3 is 2.22 bits per heavy atom. The van der Waals surface area contributed by atoms with Crippen molar-refractivity contribution >= 4 is 5.91 Å². The molecule has 0 bridgehead atoms. The van der Waals surface area contributed by atoms with E-state index >= 15 is 0 Å². The number of nitrogens with zero attached hydrogens (tertiary/aromatic N) is 2. The predicted octanol–water partition coefficient (Wildman–Crippen LogP) is 0.681. The molecule has 0 radical (unpaired) electrons. The molecule has 0 aromatic rings. The van der Waals surface area contributed by atoms with Gasteiger partial charge in [-0.15, -0.1) is 0 Å². The molecule has 4 nitrogen and oxygen atoms in total. The summed E-state index contributed by atoms with van der Waals surface area (Å²) >= 11 is 0. The first kappa shape index (κ1) is 12.4. The summed E-state index contributed by atoms with van der Waals surface area (Å²) in [5.74, 6) is 0.812. The molecule has 3 rings (SSSR count). The predicted molar refractivity (Wildman–Crippen MR) is 71.4 cm³/mol. The standard InChI is InChI=1S/C14H25N3O/c1-16-7-4-13(10-16)15-12-5-8-17(9-6-12)14(18)11-2-3-11/h11-13,15H,2-10H2,1H3. The van der Waals surface area contributed by atoms with Gasteiger partial charge in [0.1, 0.15) is 0 Å². The first-order valence-corrected chi connectivity index (χ1v) is 7.46. The maximum Gasteiger partial charge on any atom is 0.225 e. The van der Waals surface area contributed by atoms with E-state index in [0.29, 0.717) is 23.9 Å². The summed E-state index contributed by atoms with van der Waals surface area (Å²) in [6.45, 7) is 4.34. The maximum atomic E-state index is 12.0. The number of amides is 1. The molecule has 2 heterocycles. The van der Waals surface area contributed by atoms with Gasteiger partial charge in [-0.2, -0.15) is 0 Å². The van der Waals surface area contributed by atoms with Crippen LogP contribution in [-0.4, -0.2) is 61.0 Å². The second-order valence-corrected chi connectivity index (χ2v) is 6.29. The summed E-state index contributed by atoms with van der Waals surface area (Å²) in [4.78, 5) is 16.4. The van der Waals surface area contributed by atoms with Crippen LogP contribution in [0.15, 0.2) is 0 Å². The molecule has 3 aliphatic rings. The zero-order chi connectivity index (χ0) is 12.5. The Labute approximate surface area is 110 Å². The van der Waals surface area contributed by atoms with Crippen LogP contribution in [0.1, 0.15) is 32.1 Å². The van der Waals surface area contributed by atoms with E-state index in [4.69, 9.17) is 0 Å². The number of carbonyl (C=O) groups excluding carboxylic acids is 1. The fourth-order valence-corrected chi connectivity index (χ4v) is 3.26. The molecule has 1 amide bonds. The maximum absolute atomic E-state index is 12.0. The Morgan fingerprint density at radius 1 is 1.00 bits per heavy atom. The normalized spacial score (nSPS) is 30.9. The summed E-state index contributed by atoms with van der Waals surface area (Å²) in [7, 11) is 2.19. The van der Waals surface area contributed by atoms with Gasteiger partial charge in [0.15, 0.2) is 0 Å². The lowest BCUT2D eigenvalue weighted by Gasteiger charge is -2.34. The van der Waals surface area contributed by atoms with E-state index in [9.17, 15) is 4.79 Å². The molecule has 1 unspecified atom stereocenters. The zero-order valence-corrected chi connectivity index (χ0v) is 11.4. The van der Waals surface area contributed by atoms with Crippen molar-refractivity contribution in [3.63, 3.8) is 0 Å². The smallest absolute Gasteiger partial charge is 0.225 e. The summed E-state index contributed by atoms with van der Waals surface area (Å²) < 4.78 is 0. The van der Waals surface area contributed by atoms with Gasteiger partial charge < -0.3 is 15.1 Å². The van der Waals surface area contributed by atoms with Crippen LogP contribution in [0.5, 0.6) is 0 Å². The number of hydrogen-bond acceptors (Lipinski definition) is 3. The van der Waals surface area contributed by atoms with Crippen LogP contribution in [0.4, 0.5) is 0 Å². The van der Waals surface area contributed by atoms with Crippen molar-refractivity contribution in [1.29, 1.82) is 0 Å². The number of nitrogens with one attached hydrogen (secondary N) is 1. The number of likely N-dealkylation sites (N-methyl/N-ethyl adjacent to an activating group) is 1. The van der Waals surface area contributed by atoms with Gasteiger partial charge in [-0.25, -0.2) is 0 Å². The molecule has 18 heavy (non-hydrogen) atoms. The third-order valence-electron chi connectivity index (χ3n) is 4.60. The molecule has 1 aliphatic carbocycles. The van der Waals surface area contributed by atoms with Crippen LogP contribution >= 0.6 is 0 Å². The van der Waals surface area contributed by atoms with E-state index in [1.165, 1.54) is 19.5 Å². The first-order chi connectivity index (χ1) is 8.72. The fraction of sp³-hybridized carbons (Fsp3) is 0.929. The monoisotopic (exact) mass is 251 g/mol. The summed E-state index contributed by atoms with van der Waals surface area (Å²) in [6, 6.07) is 1.30. The minimum atomic E-state index is 0.387. The molecular formula is C14H25N3O. The number of piperidine rings is 1. The van der Waals surface area contributed by atoms with Crippen molar-refractivity contribution in [1.82, 2.24) is 15.1 Å². The summed E-state index contributed by atoms with van der Waals surface area (Å²) in [5, 5.41) is 3.77. The van der Waals surface area contributed by atoms with E-state index in [1.807, 2.05) is 0 Å². The third kappa shape index (κ3) is 2.86. The van der Waals surface area contributed by atoms with Gasteiger partial charge in [-0.05, 0) is 45.7 Å². The van der Waals surface area contributed by atoms with Crippen LogP contribution in [0.2, 0.25) is 0 Å². The highest BCUT2D eigenvalue weighted by Crippen LogP contribution is 2.31. The van der Waals surface area contributed by atoms with Crippen LogP contribution in [0, 0.1) is 5.92 Å². The van der Waals surface area contributed by atoms with Crippen molar-refractivity contribution in [2.75, 3.05) is 33.2 Å². The molecule has 1 atom stereocenters. The highest BCUT2D eigenvalue weighted by atomic mass is 16.2. The molecule has 3 fully saturated rings. The van der Waals surface area contributed by atoms with Gasteiger partial charge in [0, 0.05) is 37.6 Å². The quantitative estimate of drug-likeness (QED) is 0.801. The molecule has 1 saturated carbocycles. The molecule has 0 aromatic heterocycles. The molecule has 0 aromatic carbocycles. The molecule has 0 spiro atoms. The fourth-order valence-electron chi connectivity index (χ4n) is 3.26. The lowest BCUT2D eigenvalue weighted by atomic mass is 10.0. The van der Waals surface area contributed by atoms with Gasteiger partial charge >= 0.3 is 0 Å². The Hall–Kier alpha value is -0.610. The van der Waals surface area contributed by atoms with E-state index in [2.05, 4.69) is 22.2 Å². The molecule has 2 aliphatic heterocycles. The van der Waals surface area contributed by atoms with E-state index in [-0.39, 0.29) is 0 Å². The van der Waals surface area contributed by atoms with Crippen molar-refractivity contribution < 1.29 is 4.79 Å². The van der Waals surface area contributed by atoms with Gasteiger partial charge in [0.05, 0.1) is 0 Å². The van der Waals surface area contributed by atoms with Crippen LogP contribution in [-0.2, 0) is 4.79 Å². The van der Waals surface area contributed by atoms with Crippen LogP contribution < -0.4 is 5.32 Å². The van der Waals surface area contributed by atoms with Crippen LogP contribution in [0.3, 0.4) is 0 Å².